The summed E-state index contributed by atoms with van der Waals surface area (Å²) in [5, 5.41) is 3.33. The van der Waals surface area contributed by atoms with Crippen molar-refractivity contribution in [3.05, 3.63) is 35.4 Å². The van der Waals surface area contributed by atoms with Gasteiger partial charge in [0.05, 0.1) is 5.41 Å². The molecular weight excluding hydrogens is 272 g/mol. The van der Waals surface area contributed by atoms with E-state index in [-0.39, 0.29) is 11.3 Å². The van der Waals surface area contributed by atoms with Gasteiger partial charge in [-0.25, -0.2) is 0 Å². The number of amides is 1. The number of likely N-dealkylation sites (N-methyl/N-ethyl adjacent to an activating group) is 1. The number of rotatable bonds is 4. The molecule has 1 aromatic rings. The molecule has 1 aromatic carbocycles. The second-order valence-corrected chi connectivity index (χ2v) is 7.39. The lowest BCUT2D eigenvalue weighted by atomic mass is 9.76. The van der Waals surface area contributed by atoms with E-state index in [2.05, 4.69) is 55.4 Å². The molecule has 3 rings (SSSR count). The Morgan fingerprint density at radius 2 is 2.00 bits per heavy atom. The molecule has 3 heteroatoms. The van der Waals surface area contributed by atoms with Crippen LogP contribution in [-0.4, -0.2) is 37.0 Å². The summed E-state index contributed by atoms with van der Waals surface area (Å²) in [4.78, 5) is 15.4. The Hall–Kier alpha value is -1.35. The monoisotopic (exact) mass is 300 g/mol. The minimum Gasteiger partial charge on any atom is -0.353 e. The van der Waals surface area contributed by atoms with Gasteiger partial charge in [-0.05, 0) is 58.2 Å². The lowest BCUT2D eigenvalue weighted by Gasteiger charge is -2.35. The number of carbonyl (C=O) groups excluding carboxylic acids is 1. The van der Waals surface area contributed by atoms with Crippen LogP contribution in [0.15, 0.2) is 24.3 Å². The van der Waals surface area contributed by atoms with Crippen molar-refractivity contribution in [2.75, 3.05) is 20.1 Å². The summed E-state index contributed by atoms with van der Waals surface area (Å²) < 4.78 is 0. The van der Waals surface area contributed by atoms with Crippen LogP contribution in [0.1, 0.15) is 43.7 Å². The summed E-state index contributed by atoms with van der Waals surface area (Å²) in [5.41, 5.74) is 2.04. The largest absolute Gasteiger partial charge is 0.353 e. The van der Waals surface area contributed by atoms with Crippen LogP contribution in [0.2, 0.25) is 0 Å². The SMILES string of the molecule is Cc1ccc(C2(C(=O)NC(C)C3CCC3)CCN(C)C2)cc1. The van der Waals surface area contributed by atoms with Crippen LogP contribution < -0.4 is 5.32 Å². The van der Waals surface area contributed by atoms with Crippen LogP contribution in [0, 0.1) is 12.8 Å². The number of aryl methyl sites for hydroxylation is 1. The molecule has 1 heterocycles. The first-order valence-corrected chi connectivity index (χ1v) is 8.58. The molecule has 2 atom stereocenters. The smallest absolute Gasteiger partial charge is 0.232 e. The van der Waals surface area contributed by atoms with Crippen molar-refractivity contribution in [2.45, 2.75) is 51.0 Å². The van der Waals surface area contributed by atoms with Crippen LogP contribution >= 0.6 is 0 Å². The van der Waals surface area contributed by atoms with Crippen molar-refractivity contribution in [3.8, 4) is 0 Å². The molecular formula is C19H28N2O. The van der Waals surface area contributed by atoms with Crippen LogP contribution in [-0.2, 0) is 10.2 Å². The number of hydrogen-bond acceptors (Lipinski definition) is 2. The molecule has 1 saturated carbocycles. The molecule has 1 saturated heterocycles. The van der Waals surface area contributed by atoms with E-state index in [0.717, 1.165) is 19.5 Å². The van der Waals surface area contributed by atoms with Gasteiger partial charge in [-0.2, -0.15) is 0 Å². The molecule has 1 N–H and O–H groups in total. The molecule has 1 amide bonds. The Morgan fingerprint density at radius 3 is 2.50 bits per heavy atom. The fourth-order valence-corrected chi connectivity index (χ4v) is 3.83. The highest BCUT2D eigenvalue weighted by Gasteiger charge is 2.45. The maximum Gasteiger partial charge on any atom is 0.232 e. The Bertz CT molecular complexity index is 535. The van der Waals surface area contributed by atoms with Crippen molar-refractivity contribution >= 4 is 5.91 Å². The van der Waals surface area contributed by atoms with Crippen LogP contribution in [0.5, 0.6) is 0 Å². The van der Waals surface area contributed by atoms with Crippen LogP contribution in [0.25, 0.3) is 0 Å². The van der Waals surface area contributed by atoms with E-state index in [4.69, 9.17) is 0 Å². The lowest BCUT2D eigenvalue weighted by Crippen LogP contribution is -2.51. The van der Waals surface area contributed by atoms with Gasteiger partial charge in [-0.1, -0.05) is 36.2 Å². The first-order valence-electron chi connectivity index (χ1n) is 8.58. The number of hydrogen-bond donors (Lipinski definition) is 1. The highest BCUT2D eigenvalue weighted by atomic mass is 16.2. The van der Waals surface area contributed by atoms with Crippen molar-refractivity contribution < 1.29 is 4.79 Å². The zero-order valence-corrected chi connectivity index (χ0v) is 14.1. The molecule has 0 aromatic heterocycles. The number of benzene rings is 1. The predicted octanol–water partition coefficient (Wildman–Crippen LogP) is 2.87. The molecule has 2 fully saturated rings. The summed E-state index contributed by atoms with van der Waals surface area (Å²) in [6.07, 6.45) is 4.75. The van der Waals surface area contributed by atoms with Crippen molar-refractivity contribution in [2.24, 2.45) is 5.92 Å². The average Bonchev–Trinajstić information content (AvgIpc) is 2.81. The summed E-state index contributed by atoms with van der Waals surface area (Å²) in [5.74, 6) is 0.901. The summed E-state index contributed by atoms with van der Waals surface area (Å²) in [6.45, 7) is 6.07. The number of likely N-dealkylation sites (tertiary alicyclic amines) is 1. The first kappa shape index (κ1) is 15.5. The number of nitrogens with one attached hydrogen (secondary N) is 1. The highest BCUT2D eigenvalue weighted by Crippen LogP contribution is 2.36. The molecule has 2 aliphatic rings. The minimum absolute atomic E-state index is 0.222. The topological polar surface area (TPSA) is 32.3 Å². The third kappa shape index (κ3) is 2.79. The standard InChI is InChI=1S/C19H28N2O/c1-14-7-9-17(10-8-14)19(11-12-21(3)13-19)18(22)20-15(2)16-5-4-6-16/h7-10,15-16H,4-6,11-13H2,1-3H3,(H,20,22). The normalized spacial score (nSPS) is 27.4. The van der Waals surface area contributed by atoms with E-state index >= 15 is 0 Å². The van der Waals surface area contributed by atoms with Crippen molar-refractivity contribution in [3.63, 3.8) is 0 Å². The molecule has 0 radical (unpaired) electrons. The van der Waals surface area contributed by atoms with Crippen molar-refractivity contribution in [1.82, 2.24) is 10.2 Å². The number of carbonyl (C=O) groups is 1. The molecule has 22 heavy (non-hydrogen) atoms. The summed E-state index contributed by atoms with van der Waals surface area (Å²) in [7, 11) is 2.11. The molecule has 0 bridgehead atoms. The van der Waals surface area contributed by atoms with Gasteiger partial charge in [-0.3, -0.25) is 4.79 Å². The third-order valence-electron chi connectivity index (χ3n) is 5.71. The van der Waals surface area contributed by atoms with Gasteiger partial charge < -0.3 is 10.2 Å². The first-order chi connectivity index (χ1) is 10.5. The van der Waals surface area contributed by atoms with Gasteiger partial charge in [0.2, 0.25) is 5.91 Å². The second-order valence-electron chi connectivity index (χ2n) is 7.39. The fourth-order valence-electron chi connectivity index (χ4n) is 3.83. The van der Waals surface area contributed by atoms with Gasteiger partial charge in [0.15, 0.2) is 0 Å². The van der Waals surface area contributed by atoms with Crippen molar-refractivity contribution in [1.29, 1.82) is 0 Å². The third-order valence-corrected chi connectivity index (χ3v) is 5.71. The Balaban J connectivity index is 1.82. The van der Waals surface area contributed by atoms with Gasteiger partial charge in [0.25, 0.3) is 0 Å². The minimum atomic E-state index is -0.375. The van der Waals surface area contributed by atoms with Gasteiger partial charge in [0, 0.05) is 12.6 Å². The second kappa shape index (κ2) is 6.04. The Labute approximate surface area is 134 Å². The van der Waals surface area contributed by atoms with Gasteiger partial charge in [-0.15, -0.1) is 0 Å². The quantitative estimate of drug-likeness (QED) is 0.927. The average molecular weight is 300 g/mol. The highest BCUT2D eigenvalue weighted by molar-refractivity contribution is 5.89. The van der Waals surface area contributed by atoms with E-state index in [1.54, 1.807) is 0 Å². The van der Waals surface area contributed by atoms with E-state index in [0.29, 0.717) is 12.0 Å². The summed E-state index contributed by atoms with van der Waals surface area (Å²) in [6, 6.07) is 8.83. The van der Waals surface area contributed by atoms with Crippen LogP contribution in [0.3, 0.4) is 0 Å². The lowest BCUT2D eigenvalue weighted by molar-refractivity contribution is -0.127. The maximum absolute atomic E-state index is 13.1. The molecule has 120 valence electrons. The van der Waals surface area contributed by atoms with Crippen LogP contribution in [0.4, 0.5) is 0 Å². The van der Waals surface area contributed by atoms with E-state index in [1.165, 1.54) is 30.4 Å². The Morgan fingerprint density at radius 1 is 1.32 bits per heavy atom. The molecule has 1 aliphatic heterocycles. The molecule has 3 nitrogen and oxygen atoms in total. The number of nitrogens with zero attached hydrogens (tertiary/aromatic N) is 1. The van der Waals surface area contributed by atoms with Gasteiger partial charge >= 0.3 is 0 Å². The van der Waals surface area contributed by atoms with E-state index in [9.17, 15) is 4.79 Å². The van der Waals surface area contributed by atoms with Gasteiger partial charge in [0.1, 0.15) is 0 Å². The molecule has 2 unspecified atom stereocenters. The summed E-state index contributed by atoms with van der Waals surface area (Å²) >= 11 is 0. The van der Waals surface area contributed by atoms with E-state index in [1.807, 2.05) is 0 Å². The maximum atomic E-state index is 13.1. The zero-order chi connectivity index (χ0) is 15.7. The molecule has 1 aliphatic carbocycles. The molecule has 0 spiro atoms. The fraction of sp³-hybridized carbons (Fsp3) is 0.632. The zero-order valence-electron chi connectivity index (χ0n) is 14.1. The van der Waals surface area contributed by atoms with E-state index < -0.39 is 0 Å². The predicted molar refractivity (Wildman–Crippen MR) is 89.9 cm³/mol. The Kier molecular flexibility index (Phi) is 4.26.